The molecule has 116 valence electrons. The molecule has 1 aliphatic rings. The first-order valence-electron chi connectivity index (χ1n) is 7.76. The van der Waals surface area contributed by atoms with Crippen molar-refractivity contribution in [3.05, 3.63) is 29.6 Å². The van der Waals surface area contributed by atoms with Crippen LogP contribution >= 0.6 is 0 Å². The van der Waals surface area contributed by atoms with E-state index in [4.69, 9.17) is 5.73 Å². The van der Waals surface area contributed by atoms with E-state index in [9.17, 15) is 9.18 Å². The first-order chi connectivity index (χ1) is 9.93. The minimum absolute atomic E-state index is 0.0701. The first kappa shape index (κ1) is 15.8. The summed E-state index contributed by atoms with van der Waals surface area (Å²) < 4.78 is 13.4. The molecule has 21 heavy (non-hydrogen) atoms. The molecule has 1 aromatic rings. The number of para-hydroxylation sites is 1. The number of amides is 1. The summed E-state index contributed by atoms with van der Waals surface area (Å²) in [7, 11) is 0. The van der Waals surface area contributed by atoms with Crippen LogP contribution in [0.15, 0.2) is 18.2 Å². The highest BCUT2D eigenvalue weighted by Gasteiger charge is 2.34. The predicted molar refractivity (Wildman–Crippen MR) is 83.5 cm³/mol. The number of nitrogens with two attached hydrogens (primary N) is 1. The second kappa shape index (κ2) is 6.46. The van der Waals surface area contributed by atoms with Gasteiger partial charge >= 0.3 is 0 Å². The van der Waals surface area contributed by atoms with Gasteiger partial charge in [-0.2, -0.15) is 0 Å². The third-order valence-corrected chi connectivity index (χ3v) is 4.43. The fourth-order valence-electron chi connectivity index (χ4n) is 3.54. The van der Waals surface area contributed by atoms with E-state index in [1.54, 1.807) is 6.07 Å². The molecule has 4 heteroatoms. The van der Waals surface area contributed by atoms with Crippen LogP contribution in [0.3, 0.4) is 0 Å². The number of carbonyl (C=O) groups excluding carboxylic acids is 1. The second-order valence-corrected chi connectivity index (χ2v) is 6.69. The molecule has 0 spiro atoms. The summed E-state index contributed by atoms with van der Waals surface area (Å²) in [6, 6.07) is 4.35. The Kier molecular flexibility index (Phi) is 4.86. The zero-order valence-corrected chi connectivity index (χ0v) is 12.9. The molecule has 1 amide bonds. The summed E-state index contributed by atoms with van der Waals surface area (Å²) in [5.41, 5.74) is 6.00. The van der Waals surface area contributed by atoms with Gasteiger partial charge in [0.05, 0.1) is 11.3 Å². The average Bonchev–Trinajstić information content (AvgIpc) is 2.87. The number of benzene rings is 1. The molecule has 3 nitrogen and oxygen atoms in total. The lowest BCUT2D eigenvalue weighted by molar-refractivity contribution is 0.0922. The lowest BCUT2D eigenvalue weighted by Crippen LogP contribution is -2.37. The zero-order valence-electron chi connectivity index (χ0n) is 12.9. The molecular weight excluding hydrogens is 267 g/mol. The van der Waals surface area contributed by atoms with Crippen LogP contribution in [-0.4, -0.2) is 12.5 Å². The Morgan fingerprint density at radius 2 is 2.05 bits per heavy atom. The molecule has 1 aromatic carbocycles. The van der Waals surface area contributed by atoms with E-state index < -0.39 is 5.82 Å². The van der Waals surface area contributed by atoms with Gasteiger partial charge in [-0.25, -0.2) is 4.39 Å². The molecule has 0 bridgehead atoms. The molecule has 0 aromatic heterocycles. The summed E-state index contributed by atoms with van der Waals surface area (Å²) in [5, 5.41) is 2.97. The molecule has 2 rings (SSSR count). The van der Waals surface area contributed by atoms with E-state index in [0.29, 0.717) is 12.5 Å². The third kappa shape index (κ3) is 3.74. The molecule has 1 saturated carbocycles. The van der Waals surface area contributed by atoms with E-state index in [2.05, 4.69) is 19.2 Å². The van der Waals surface area contributed by atoms with E-state index >= 15 is 0 Å². The molecule has 0 radical (unpaired) electrons. The molecule has 1 aliphatic carbocycles. The fraction of sp³-hybridized carbons (Fsp3) is 0.588. The number of rotatable bonds is 5. The monoisotopic (exact) mass is 292 g/mol. The molecule has 3 N–H and O–H groups in total. The maximum absolute atomic E-state index is 13.4. The van der Waals surface area contributed by atoms with Gasteiger partial charge in [0.2, 0.25) is 0 Å². The Morgan fingerprint density at radius 3 is 2.67 bits per heavy atom. The highest BCUT2D eigenvalue weighted by atomic mass is 19.1. The van der Waals surface area contributed by atoms with Gasteiger partial charge in [-0.05, 0) is 42.7 Å². The number of nitrogens with one attached hydrogen (secondary N) is 1. The van der Waals surface area contributed by atoms with Crippen LogP contribution in [0.1, 0.15) is 56.3 Å². The standard InChI is InChI=1S/C17H25FN2O/c1-12(2)10-17(8-3-4-9-17)11-20-16(21)13-6-5-7-14(18)15(13)19/h5-7,12H,3-4,8-11,19H2,1-2H3,(H,20,21). The van der Waals surface area contributed by atoms with Crippen molar-refractivity contribution in [2.75, 3.05) is 12.3 Å². The SMILES string of the molecule is CC(C)CC1(CNC(=O)c2cccc(F)c2N)CCCC1. The lowest BCUT2D eigenvalue weighted by atomic mass is 9.78. The van der Waals surface area contributed by atoms with E-state index in [1.165, 1.54) is 25.0 Å². The summed E-state index contributed by atoms with van der Waals surface area (Å²) in [4.78, 5) is 12.2. The highest BCUT2D eigenvalue weighted by molar-refractivity contribution is 5.99. The largest absolute Gasteiger partial charge is 0.396 e. The second-order valence-electron chi connectivity index (χ2n) is 6.69. The summed E-state index contributed by atoms with van der Waals surface area (Å²) >= 11 is 0. The van der Waals surface area contributed by atoms with Crippen LogP contribution in [0.4, 0.5) is 10.1 Å². The quantitative estimate of drug-likeness (QED) is 0.812. The Labute approximate surface area is 126 Å². The van der Waals surface area contributed by atoms with Crippen molar-refractivity contribution in [3.8, 4) is 0 Å². The molecule has 0 heterocycles. The van der Waals surface area contributed by atoms with Gasteiger partial charge in [0, 0.05) is 6.54 Å². The van der Waals surface area contributed by atoms with Gasteiger partial charge in [-0.3, -0.25) is 4.79 Å². The number of hydrogen-bond donors (Lipinski definition) is 2. The summed E-state index contributed by atoms with van der Waals surface area (Å²) in [5.74, 6) is -0.207. The van der Waals surface area contributed by atoms with Crippen LogP contribution in [0.25, 0.3) is 0 Å². The smallest absolute Gasteiger partial charge is 0.253 e. The fourth-order valence-corrected chi connectivity index (χ4v) is 3.54. The molecular formula is C17H25FN2O. The Hall–Kier alpha value is -1.58. The molecule has 0 saturated heterocycles. The van der Waals surface area contributed by atoms with Crippen molar-refractivity contribution in [2.24, 2.45) is 11.3 Å². The van der Waals surface area contributed by atoms with Crippen LogP contribution in [0.5, 0.6) is 0 Å². The van der Waals surface area contributed by atoms with Crippen molar-refractivity contribution >= 4 is 11.6 Å². The van der Waals surface area contributed by atoms with E-state index in [0.717, 1.165) is 19.3 Å². The van der Waals surface area contributed by atoms with Gasteiger partial charge in [-0.1, -0.05) is 32.8 Å². The van der Waals surface area contributed by atoms with Crippen molar-refractivity contribution < 1.29 is 9.18 Å². The van der Waals surface area contributed by atoms with E-state index in [1.807, 2.05) is 0 Å². The first-order valence-corrected chi connectivity index (χ1v) is 7.76. The Morgan fingerprint density at radius 1 is 1.38 bits per heavy atom. The van der Waals surface area contributed by atoms with Crippen LogP contribution in [0, 0.1) is 17.2 Å². The third-order valence-electron chi connectivity index (χ3n) is 4.43. The molecule has 1 fully saturated rings. The van der Waals surface area contributed by atoms with Crippen LogP contribution < -0.4 is 11.1 Å². The molecule has 0 aliphatic heterocycles. The van der Waals surface area contributed by atoms with Crippen molar-refractivity contribution in [2.45, 2.75) is 46.0 Å². The van der Waals surface area contributed by atoms with Gasteiger partial charge in [-0.15, -0.1) is 0 Å². The highest BCUT2D eigenvalue weighted by Crippen LogP contribution is 2.42. The normalized spacial score (nSPS) is 17.1. The average molecular weight is 292 g/mol. The number of hydrogen-bond acceptors (Lipinski definition) is 2. The minimum atomic E-state index is -0.541. The number of halogens is 1. The van der Waals surface area contributed by atoms with Crippen LogP contribution in [-0.2, 0) is 0 Å². The predicted octanol–water partition coefficient (Wildman–Crippen LogP) is 3.74. The van der Waals surface area contributed by atoms with E-state index in [-0.39, 0.29) is 22.6 Å². The number of anilines is 1. The van der Waals surface area contributed by atoms with Crippen LogP contribution in [0.2, 0.25) is 0 Å². The molecule has 0 unspecified atom stereocenters. The summed E-state index contributed by atoms with van der Waals surface area (Å²) in [6.07, 6.45) is 5.88. The number of nitrogen functional groups attached to an aromatic ring is 1. The maximum atomic E-state index is 13.4. The Bertz CT molecular complexity index is 508. The zero-order chi connectivity index (χ0) is 15.5. The molecule has 0 atom stereocenters. The topological polar surface area (TPSA) is 55.1 Å². The van der Waals surface area contributed by atoms with Crippen molar-refractivity contribution in [3.63, 3.8) is 0 Å². The van der Waals surface area contributed by atoms with Gasteiger partial charge < -0.3 is 11.1 Å². The van der Waals surface area contributed by atoms with Gasteiger partial charge in [0.25, 0.3) is 5.91 Å². The summed E-state index contributed by atoms with van der Waals surface area (Å²) in [6.45, 7) is 5.08. The van der Waals surface area contributed by atoms with Crippen molar-refractivity contribution in [1.29, 1.82) is 0 Å². The lowest BCUT2D eigenvalue weighted by Gasteiger charge is -2.31. The Balaban J connectivity index is 2.04. The maximum Gasteiger partial charge on any atom is 0.253 e. The van der Waals surface area contributed by atoms with Gasteiger partial charge in [0.1, 0.15) is 5.82 Å². The van der Waals surface area contributed by atoms with Crippen molar-refractivity contribution in [1.82, 2.24) is 5.32 Å². The minimum Gasteiger partial charge on any atom is -0.396 e. The number of carbonyl (C=O) groups is 1. The van der Waals surface area contributed by atoms with Gasteiger partial charge in [0.15, 0.2) is 0 Å².